The van der Waals surface area contributed by atoms with Gasteiger partial charge < -0.3 is 5.32 Å². The molecule has 0 saturated carbocycles. The molecule has 1 aliphatic rings. The maximum absolute atomic E-state index is 12.1. The van der Waals surface area contributed by atoms with E-state index in [4.69, 9.17) is 11.6 Å². The molecule has 1 amide bonds. The summed E-state index contributed by atoms with van der Waals surface area (Å²) in [6.07, 6.45) is 2.24. The van der Waals surface area contributed by atoms with Crippen LogP contribution in [0.15, 0.2) is 17.3 Å². The van der Waals surface area contributed by atoms with Gasteiger partial charge in [-0.3, -0.25) is 4.79 Å². The van der Waals surface area contributed by atoms with Crippen molar-refractivity contribution in [3.63, 3.8) is 0 Å². The first kappa shape index (κ1) is 12.2. The Balaban J connectivity index is 2.29. The number of nitrogens with zero attached hydrogens (tertiary/aromatic N) is 3. The van der Waals surface area contributed by atoms with E-state index in [-0.39, 0.29) is 29.2 Å². The maximum Gasteiger partial charge on any atom is 0.246 e. The highest BCUT2D eigenvalue weighted by Gasteiger charge is 2.29. The van der Waals surface area contributed by atoms with Crippen LogP contribution in [0.2, 0.25) is 5.28 Å². The lowest BCUT2D eigenvalue weighted by atomic mass is 10.4. The summed E-state index contributed by atoms with van der Waals surface area (Å²) in [4.78, 5) is 18.3. The number of hydrogen-bond acceptors (Lipinski definition) is 5. The van der Waals surface area contributed by atoms with Crippen molar-refractivity contribution in [3.05, 3.63) is 17.7 Å². The van der Waals surface area contributed by atoms with E-state index in [0.29, 0.717) is 6.54 Å². The van der Waals surface area contributed by atoms with Gasteiger partial charge in [0.1, 0.15) is 4.90 Å². The molecular weight excluding hydrogens is 268 g/mol. The molecule has 1 aliphatic heterocycles. The number of nitrogens with one attached hydrogen (secondary N) is 1. The number of carbonyl (C=O) groups is 1. The van der Waals surface area contributed by atoms with Crippen molar-refractivity contribution in [2.24, 2.45) is 0 Å². The van der Waals surface area contributed by atoms with Crippen LogP contribution in [0.25, 0.3) is 0 Å². The number of carbonyl (C=O) groups excluding carboxylic acids is 1. The first-order valence-corrected chi connectivity index (χ1v) is 6.56. The predicted molar refractivity (Wildman–Crippen MR) is 58.8 cm³/mol. The van der Waals surface area contributed by atoms with Crippen molar-refractivity contribution in [2.75, 3.05) is 19.6 Å². The molecule has 17 heavy (non-hydrogen) atoms. The smallest absolute Gasteiger partial charge is 0.246 e. The summed E-state index contributed by atoms with van der Waals surface area (Å²) in [6.45, 7) is 0.341. The summed E-state index contributed by atoms with van der Waals surface area (Å²) in [7, 11) is -3.72. The van der Waals surface area contributed by atoms with Gasteiger partial charge in [0.25, 0.3) is 0 Å². The van der Waals surface area contributed by atoms with Crippen molar-refractivity contribution in [2.45, 2.75) is 4.90 Å². The number of aromatic nitrogens is 2. The topological polar surface area (TPSA) is 92.3 Å². The number of halogens is 1. The number of rotatable bonds is 2. The van der Waals surface area contributed by atoms with Gasteiger partial charge in [0, 0.05) is 13.1 Å². The van der Waals surface area contributed by atoms with Crippen LogP contribution >= 0.6 is 11.6 Å². The quantitative estimate of drug-likeness (QED) is 0.718. The summed E-state index contributed by atoms with van der Waals surface area (Å²) >= 11 is 5.48. The van der Waals surface area contributed by atoms with Gasteiger partial charge in [-0.1, -0.05) is 0 Å². The molecule has 0 atom stereocenters. The molecule has 9 heteroatoms. The van der Waals surface area contributed by atoms with E-state index in [2.05, 4.69) is 15.3 Å². The van der Waals surface area contributed by atoms with Crippen LogP contribution in [-0.2, 0) is 14.8 Å². The van der Waals surface area contributed by atoms with Gasteiger partial charge >= 0.3 is 0 Å². The second-order valence-corrected chi connectivity index (χ2v) is 5.65. The zero-order chi connectivity index (χ0) is 12.5. The number of piperazine rings is 1. The molecule has 0 bridgehead atoms. The van der Waals surface area contributed by atoms with Gasteiger partial charge in [-0.05, 0) is 11.6 Å². The number of hydrogen-bond donors (Lipinski definition) is 1. The number of sulfonamides is 1. The molecule has 0 spiro atoms. The predicted octanol–water partition coefficient (Wildman–Crippen LogP) is -0.750. The van der Waals surface area contributed by atoms with E-state index in [1.54, 1.807) is 0 Å². The van der Waals surface area contributed by atoms with E-state index >= 15 is 0 Å². The molecule has 1 aromatic heterocycles. The van der Waals surface area contributed by atoms with E-state index in [1.165, 1.54) is 0 Å². The molecule has 2 rings (SSSR count). The fourth-order valence-corrected chi connectivity index (χ4v) is 2.79. The highest BCUT2D eigenvalue weighted by molar-refractivity contribution is 7.89. The van der Waals surface area contributed by atoms with Crippen molar-refractivity contribution in [3.8, 4) is 0 Å². The molecule has 0 radical (unpaired) electrons. The van der Waals surface area contributed by atoms with E-state index in [9.17, 15) is 13.2 Å². The zero-order valence-electron chi connectivity index (χ0n) is 8.63. The Kier molecular flexibility index (Phi) is 3.27. The Bertz CT molecular complexity index is 530. The molecule has 1 saturated heterocycles. The van der Waals surface area contributed by atoms with Crippen LogP contribution in [0.1, 0.15) is 0 Å². The molecule has 0 unspecified atom stereocenters. The minimum absolute atomic E-state index is 0.0275. The van der Waals surface area contributed by atoms with Crippen molar-refractivity contribution in [1.29, 1.82) is 0 Å². The van der Waals surface area contributed by atoms with Gasteiger partial charge in [0.15, 0.2) is 0 Å². The van der Waals surface area contributed by atoms with Crippen LogP contribution in [-0.4, -0.2) is 48.2 Å². The molecule has 1 aromatic rings. The van der Waals surface area contributed by atoms with Crippen LogP contribution in [0.4, 0.5) is 0 Å². The van der Waals surface area contributed by atoms with E-state index < -0.39 is 10.0 Å². The molecule has 0 aliphatic carbocycles. The summed E-state index contributed by atoms with van der Waals surface area (Å²) in [6, 6.07) is 0. The SMILES string of the molecule is O=C1CN(S(=O)(=O)c2cnc(Cl)nc2)CCN1. The molecule has 92 valence electrons. The standard InChI is InChI=1S/C8H9ClN4O3S/c9-8-11-3-6(4-12-8)17(15,16)13-2-1-10-7(14)5-13/h3-4H,1-2,5H2,(H,10,14). The largest absolute Gasteiger partial charge is 0.354 e. The average Bonchev–Trinajstić information content (AvgIpc) is 2.29. The lowest BCUT2D eigenvalue weighted by molar-refractivity contribution is -0.122. The van der Waals surface area contributed by atoms with Crippen LogP contribution < -0.4 is 5.32 Å². The summed E-state index contributed by atoms with van der Waals surface area (Å²) in [5.41, 5.74) is 0. The molecule has 2 heterocycles. The lowest BCUT2D eigenvalue weighted by Gasteiger charge is -2.25. The second kappa shape index (κ2) is 4.55. The Labute approximate surface area is 103 Å². The van der Waals surface area contributed by atoms with Crippen molar-refractivity contribution < 1.29 is 13.2 Å². The van der Waals surface area contributed by atoms with Crippen molar-refractivity contribution >= 4 is 27.5 Å². The Morgan fingerprint density at radius 3 is 2.59 bits per heavy atom. The minimum Gasteiger partial charge on any atom is -0.354 e. The van der Waals surface area contributed by atoms with E-state index in [0.717, 1.165) is 16.7 Å². The monoisotopic (exact) mass is 276 g/mol. The average molecular weight is 277 g/mol. The Hall–Kier alpha value is -1.25. The number of amides is 1. The van der Waals surface area contributed by atoms with Crippen molar-refractivity contribution in [1.82, 2.24) is 19.6 Å². The first-order valence-electron chi connectivity index (χ1n) is 4.74. The van der Waals surface area contributed by atoms with Gasteiger partial charge in [-0.15, -0.1) is 0 Å². The molecular formula is C8H9ClN4O3S. The highest BCUT2D eigenvalue weighted by atomic mass is 35.5. The van der Waals surface area contributed by atoms with Gasteiger partial charge in [-0.2, -0.15) is 4.31 Å². The summed E-state index contributed by atoms with van der Waals surface area (Å²) in [5.74, 6) is -0.324. The maximum atomic E-state index is 12.1. The summed E-state index contributed by atoms with van der Waals surface area (Å²) in [5, 5.41) is 2.52. The third-order valence-electron chi connectivity index (χ3n) is 2.24. The van der Waals surface area contributed by atoms with Gasteiger partial charge in [0.2, 0.25) is 21.2 Å². The molecule has 1 N–H and O–H groups in total. The normalized spacial score (nSPS) is 17.8. The molecule has 1 fully saturated rings. The summed E-state index contributed by atoms with van der Waals surface area (Å²) < 4.78 is 25.2. The molecule has 0 aromatic carbocycles. The second-order valence-electron chi connectivity index (χ2n) is 3.38. The van der Waals surface area contributed by atoms with Crippen LogP contribution in [0, 0.1) is 0 Å². The lowest BCUT2D eigenvalue weighted by Crippen LogP contribution is -2.49. The van der Waals surface area contributed by atoms with Crippen LogP contribution in [0.5, 0.6) is 0 Å². The fraction of sp³-hybridized carbons (Fsp3) is 0.375. The van der Waals surface area contributed by atoms with Crippen LogP contribution in [0.3, 0.4) is 0 Å². The molecule has 7 nitrogen and oxygen atoms in total. The fourth-order valence-electron chi connectivity index (χ4n) is 1.40. The highest BCUT2D eigenvalue weighted by Crippen LogP contribution is 2.15. The van der Waals surface area contributed by atoms with E-state index in [1.807, 2.05) is 0 Å². The minimum atomic E-state index is -3.72. The van der Waals surface area contributed by atoms with Gasteiger partial charge in [0.05, 0.1) is 18.9 Å². The third-order valence-corrected chi connectivity index (χ3v) is 4.23. The zero-order valence-corrected chi connectivity index (χ0v) is 10.2. The Morgan fingerprint density at radius 2 is 2.00 bits per heavy atom. The van der Waals surface area contributed by atoms with Gasteiger partial charge in [-0.25, -0.2) is 18.4 Å². The Morgan fingerprint density at radius 1 is 1.35 bits per heavy atom. The first-order chi connectivity index (χ1) is 8.00. The third kappa shape index (κ3) is 2.54.